The third-order valence-corrected chi connectivity index (χ3v) is 2.11. The second-order valence-corrected chi connectivity index (χ2v) is 3.16. The van der Waals surface area contributed by atoms with E-state index in [1.54, 1.807) is 6.33 Å². The molecule has 1 heterocycles. The summed E-state index contributed by atoms with van der Waals surface area (Å²) in [5, 5.41) is 7.75. The van der Waals surface area contributed by atoms with Gasteiger partial charge in [-0.2, -0.15) is 0 Å². The van der Waals surface area contributed by atoms with Crippen LogP contribution >= 0.6 is 12.4 Å². The van der Waals surface area contributed by atoms with Gasteiger partial charge >= 0.3 is 0 Å². The predicted molar refractivity (Wildman–Crippen MR) is 61.2 cm³/mol. The average molecular weight is 225 g/mol. The smallest absolute Gasteiger partial charge is 0.151 e. The normalized spacial score (nSPS) is 9.73. The van der Waals surface area contributed by atoms with Crippen molar-refractivity contribution in [3.8, 4) is 5.69 Å². The Morgan fingerprint density at radius 1 is 1.27 bits per heavy atom. The molecule has 2 aromatic rings. The van der Waals surface area contributed by atoms with E-state index in [1.165, 1.54) is 5.56 Å². The van der Waals surface area contributed by atoms with Gasteiger partial charge in [-0.05, 0) is 19.1 Å². The summed E-state index contributed by atoms with van der Waals surface area (Å²) in [6, 6.07) is 8.15. The molecule has 0 bridgehead atoms. The summed E-state index contributed by atoms with van der Waals surface area (Å²) in [7, 11) is 0. The number of nitrogens with zero attached hydrogens (tertiary/aromatic N) is 3. The van der Waals surface area contributed by atoms with Gasteiger partial charge in [0, 0.05) is 5.69 Å². The van der Waals surface area contributed by atoms with E-state index in [1.807, 2.05) is 16.7 Å². The molecule has 80 valence electrons. The van der Waals surface area contributed by atoms with E-state index in [0.29, 0.717) is 6.54 Å². The van der Waals surface area contributed by atoms with Gasteiger partial charge in [-0.3, -0.25) is 4.57 Å². The minimum Gasteiger partial charge on any atom is -0.324 e. The van der Waals surface area contributed by atoms with Crippen LogP contribution in [0.4, 0.5) is 0 Å². The van der Waals surface area contributed by atoms with Gasteiger partial charge in [-0.1, -0.05) is 17.7 Å². The number of hydrogen-bond acceptors (Lipinski definition) is 3. The lowest BCUT2D eigenvalue weighted by Crippen LogP contribution is -2.06. The average Bonchev–Trinajstić information content (AvgIpc) is 2.67. The molecular weight excluding hydrogens is 212 g/mol. The van der Waals surface area contributed by atoms with Crippen molar-refractivity contribution in [2.75, 3.05) is 0 Å². The Kier molecular flexibility index (Phi) is 3.82. The van der Waals surface area contributed by atoms with Crippen molar-refractivity contribution in [3.63, 3.8) is 0 Å². The van der Waals surface area contributed by atoms with E-state index < -0.39 is 0 Å². The lowest BCUT2D eigenvalue weighted by atomic mass is 10.2. The molecule has 0 aliphatic rings. The fourth-order valence-electron chi connectivity index (χ4n) is 1.32. The number of hydrogen-bond donors (Lipinski definition) is 1. The molecule has 0 atom stereocenters. The van der Waals surface area contributed by atoms with E-state index in [4.69, 9.17) is 5.73 Å². The van der Waals surface area contributed by atoms with Crippen molar-refractivity contribution in [1.29, 1.82) is 0 Å². The van der Waals surface area contributed by atoms with Crippen molar-refractivity contribution in [1.82, 2.24) is 14.8 Å². The maximum absolute atomic E-state index is 5.54. The summed E-state index contributed by atoms with van der Waals surface area (Å²) in [5.74, 6) is 0.772. The molecule has 0 unspecified atom stereocenters. The molecular formula is C10H13ClN4. The van der Waals surface area contributed by atoms with Gasteiger partial charge in [0.05, 0.1) is 6.54 Å². The van der Waals surface area contributed by atoms with Crippen molar-refractivity contribution in [2.45, 2.75) is 13.5 Å². The molecule has 5 heteroatoms. The van der Waals surface area contributed by atoms with Crippen LogP contribution in [-0.4, -0.2) is 14.8 Å². The van der Waals surface area contributed by atoms with E-state index >= 15 is 0 Å². The first-order valence-electron chi connectivity index (χ1n) is 4.47. The topological polar surface area (TPSA) is 56.7 Å². The fraction of sp³-hybridized carbons (Fsp3) is 0.200. The first kappa shape index (κ1) is 11.7. The zero-order chi connectivity index (χ0) is 9.97. The number of aryl methyl sites for hydroxylation is 1. The first-order chi connectivity index (χ1) is 6.81. The molecule has 1 aromatic carbocycles. The monoisotopic (exact) mass is 224 g/mol. The molecule has 4 nitrogen and oxygen atoms in total. The standard InChI is InChI=1S/C10H12N4.ClH/c1-8-2-4-9(5-3-8)14-7-12-13-10(14)6-11;/h2-5,7H,6,11H2,1H3;1H. The number of halogens is 1. The van der Waals surface area contributed by atoms with Crippen molar-refractivity contribution < 1.29 is 0 Å². The minimum atomic E-state index is 0. The Hall–Kier alpha value is -1.39. The molecule has 1 aromatic heterocycles. The predicted octanol–water partition coefficient (Wildman–Crippen LogP) is 1.46. The van der Waals surface area contributed by atoms with Crippen LogP contribution in [0.25, 0.3) is 5.69 Å². The molecule has 0 spiro atoms. The number of benzene rings is 1. The number of aromatic nitrogens is 3. The van der Waals surface area contributed by atoms with Crippen LogP contribution in [0.3, 0.4) is 0 Å². The highest BCUT2D eigenvalue weighted by molar-refractivity contribution is 5.85. The molecule has 0 saturated heterocycles. The van der Waals surface area contributed by atoms with Gasteiger partial charge in [0.25, 0.3) is 0 Å². The van der Waals surface area contributed by atoms with Gasteiger partial charge in [0.15, 0.2) is 5.82 Å². The molecule has 0 fully saturated rings. The molecule has 2 N–H and O–H groups in total. The summed E-state index contributed by atoms with van der Waals surface area (Å²) in [5.41, 5.74) is 7.81. The third kappa shape index (κ3) is 2.34. The van der Waals surface area contributed by atoms with Crippen LogP contribution in [0.2, 0.25) is 0 Å². The molecule has 0 aliphatic carbocycles. The van der Waals surface area contributed by atoms with Crippen LogP contribution in [-0.2, 0) is 6.54 Å². The highest BCUT2D eigenvalue weighted by Gasteiger charge is 2.02. The minimum absolute atomic E-state index is 0. The van der Waals surface area contributed by atoms with Crippen LogP contribution in [0.5, 0.6) is 0 Å². The second-order valence-electron chi connectivity index (χ2n) is 3.16. The molecule has 0 aliphatic heterocycles. The summed E-state index contributed by atoms with van der Waals surface area (Å²) in [6.45, 7) is 2.45. The Balaban J connectivity index is 0.00000112. The molecule has 0 saturated carbocycles. The van der Waals surface area contributed by atoms with E-state index in [-0.39, 0.29) is 12.4 Å². The lowest BCUT2D eigenvalue weighted by Gasteiger charge is -2.04. The SMILES string of the molecule is Cc1ccc(-n2cnnc2CN)cc1.Cl. The quantitative estimate of drug-likeness (QED) is 0.840. The van der Waals surface area contributed by atoms with Crippen LogP contribution in [0.15, 0.2) is 30.6 Å². The number of nitrogens with two attached hydrogens (primary N) is 1. The summed E-state index contributed by atoms with van der Waals surface area (Å²) in [4.78, 5) is 0. The zero-order valence-electron chi connectivity index (χ0n) is 8.42. The second kappa shape index (κ2) is 4.91. The molecule has 2 rings (SSSR count). The van der Waals surface area contributed by atoms with Crippen LogP contribution in [0.1, 0.15) is 11.4 Å². The first-order valence-corrected chi connectivity index (χ1v) is 4.47. The van der Waals surface area contributed by atoms with E-state index in [9.17, 15) is 0 Å². The Morgan fingerprint density at radius 2 is 1.93 bits per heavy atom. The molecule has 0 amide bonds. The fourth-order valence-corrected chi connectivity index (χ4v) is 1.32. The Labute approximate surface area is 94.5 Å². The highest BCUT2D eigenvalue weighted by atomic mass is 35.5. The molecule has 0 radical (unpaired) electrons. The van der Waals surface area contributed by atoms with Crippen LogP contribution in [0, 0.1) is 6.92 Å². The highest BCUT2D eigenvalue weighted by Crippen LogP contribution is 2.10. The zero-order valence-corrected chi connectivity index (χ0v) is 9.24. The van der Waals surface area contributed by atoms with Gasteiger partial charge in [0.2, 0.25) is 0 Å². The maximum Gasteiger partial charge on any atom is 0.151 e. The number of rotatable bonds is 2. The van der Waals surface area contributed by atoms with Gasteiger partial charge in [0.1, 0.15) is 6.33 Å². The van der Waals surface area contributed by atoms with E-state index in [2.05, 4.69) is 29.3 Å². The van der Waals surface area contributed by atoms with Gasteiger partial charge in [-0.25, -0.2) is 0 Å². The largest absolute Gasteiger partial charge is 0.324 e. The third-order valence-electron chi connectivity index (χ3n) is 2.11. The molecule has 15 heavy (non-hydrogen) atoms. The van der Waals surface area contributed by atoms with Crippen molar-refractivity contribution in [2.24, 2.45) is 5.73 Å². The van der Waals surface area contributed by atoms with Crippen molar-refractivity contribution >= 4 is 12.4 Å². The Morgan fingerprint density at radius 3 is 2.53 bits per heavy atom. The van der Waals surface area contributed by atoms with Crippen LogP contribution < -0.4 is 5.73 Å². The van der Waals surface area contributed by atoms with Gasteiger partial charge in [-0.15, -0.1) is 22.6 Å². The van der Waals surface area contributed by atoms with Crippen molar-refractivity contribution in [3.05, 3.63) is 42.0 Å². The van der Waals surface area contributed by atoms with Gasteiger partial charge < -0.3 is 5.73 Å². The summed E-state index contributed by atoms with van der Waals surface area (Å²) < 4.78 is 1.89. The maximum atomic E-state index is 5.54. The Bertz CT molecular complexity index is 421. The lowest BCUT2D eigenvalue weighted by molar-refractivity contribution is 0.859. The van der Waals surface area contributed by atoms with E-state index in [0.717, 1.165) is 11.5 Å². The summed E-state index contributed by atoms with van der Waals surface area (Å²) >= 11 is 0. The summed E-state index contributed by atoms with van der Waals surface area (Å²) in [6.07, 6.45) is 1.67.